The van der Waals surface area contributed by atoms with Crippen LogP contribution in [0.15, 0.2) is 36.4 Å². The summed E-state index contributed by atoms with van der Waals surface area (Å²) in [4.78, 5) is 59.5. The van der Waals surface area contributed by atoms with Gasteiger partial charge in [-0.1, -0.05) is 51.1 Å². The Morgan fingerprint density at radius 1 is 0.956 bits per heavy atom. The van der Waals surface area contributed by atoms with Gasteiger partial charge in [0.1, 0.15) is 11.6 Å². The molecule has 1 aromatic heterocycles. The third-order valence-corrected chi connectivity index (χ3v) is 9.73. The number of benzene rings is 1. The summed E-state index contributed by atoms with van der Waals surface area (Å²) in [5.41, 5.74) is 3.60. The highest BCUT2D eigenvalue weighted by Crippen LogP contribution is 2.42. The number of pyridine rings is 1. The van der Waals surface area contributed by atoms with Crippen molar-refractivity contribution in [1.29, 1.82) is 0 Å². The van der Waals surface area contributed by atoms with Gasteiger partial charge in [0.25, 0.3) is 11.8 Å². The minimum absolute atomic E-state index is 0.243. The van der Waals surface area contributed by atoms with Crippen molar-refractivity contribution in [2.75, 3.05) is 6.54 Å². The van der Waals surface area contributed by atoms with Crippen LogP contribution in [-0.4, -0.2) is 57.9 Å². The summed E-state index contributed by atoms with van der Waals surface area (Å²) in [6.45, 7) is 11.5. The molecule has 10 nitrogen and oxygen atoms in total. The van der Waals surface area contributed by atoms with Crippen LogP contribution in [0, 0.1) is 17.3 Å². The monoisotopic (exact) mass is 617 g/mol. The molecule has 10 heteroatoms. The van der Waals surface area contributed by atoms with Crippen molar-refractivity contribution in [3.05, 3.63) is 47.7 Å². The molecule has 0 radical (unpaired) electrons. The first-order valence-corrected chi connectivity index (χ1v) is 16.3. The van der Waals surface area contributed by atoms with Gasteiger partial charge in [-0.2, -0.15) is 0 Å². The maximum Gasteiger partial charge on any atom is 0.316 e. The second-order valence-electron chi connectivity index (χ2n) is 13.9. The van der Waals surface area contributed by atoms with E-state index in [2.05, 4.69) is 23.0 Å². The maximum absolute atomic E-state index is 14.0. The summed E-state index contributed by atoms with van der Waals surface area (Å²) in [5, 5.41) is 8.24. The quantitative estimate of drug-likeness (QED) is 0.399. The Labute approximate surface area is 265 Å². The number of nitrogens with zero attached hydrogens (tertiary/aromatic N) is 2. The minimum Gasteiger partial charge on any atom is -0.451 e. The van der Waals surface area contributed by atoms with Gasteiger partial charge in [0.15, 0.2) is 6.10 Å². The maximum atomic E-state index is 14.0. The lowest BCUT2D eigenvalue weighted by Crippen LogP contribution is -2.67. The molecular weight excluding hydrogens is 570 g/mol. The van der Waals surface area contributed by atoms with E-state index in [0.717, 1.165) is 29.3 Å². The van der Waals surface area contributed by atoms with E-state index in [9.17, 15) is 19.2 Å². The van der Waals surface area contributed by atoms with Gasteiger partial charge < -0.3 is 15.4 Å². The number of ether oxygens (including phenoxy) is 1. The number of fused-ring (bicyclic) bond motifs is 4. The van der Waals surface area contributed by atoms with Gasteiger partial charge in [0.05, 0.1) is 22.7 Å². The number of amides is 3. The van der Waals surface area contributed by atoms with E-state index in [1.807, 2.05) is 63.3 Å². The number of rotatable bonds is 1. The highest BCUT2D eigenvalue weighted by Gasteiger charge is 2.44. The van der Waals surface area contributed by atoms with Crippen LogP contribution in [-0.2, 0) is 23.9 Å². The molecule has 2 aliphatic heterocycles. The highest BCUT2D eigenvalue weighted by molar-refractivity contribution is 5.92. The Balaban J connectivity index is 1.55. The average Bonchev–Trinajstić information content (AvgIpc) is 3.01. The molecule has 45 heavy (non-hydrogen) atoms. The topological polar surface area (TPSA) is 130 Å². The van der Waals surface area contributed by atoms with Gasteiger partial charge >= 0.3 is 5.97 Å². The molecule has 5 rings (SSSR count). The van der Waals surface area contributed by atoms with Crippen molar-refractivity contribution >= 4 is 40.7 Å². The van der Waals surface area contributed by atoms with Crippen molar-refractivity contribution in [3.63, 3.8) is 0 Å². The lowest BCUT2D eigenvalue weighted by molar-refractivity contribution is -0.168. The zero-order valence-electron chi connectivity index (χ0n) is 27.3. The predicted octanol–water partition coefficient (Wildman–Crippen LogP) is 4.59. The summed E-state index contributed by atoms with van der Waals surface area (Å²) >= 11 is 0. The molecule has 1 unspecified atom stereocenters. The second-order valence-corrected chi connectivity index (χ2v) is 13.9. The van der Waals surface area contributed by atoms with E-state index < -0.39 is 35.0 Å². The highest BCUT2D eigenvalue weighted by atomic mass is 16.5. The Morgan fingerprint density at radius 2 is 1.67 bits per heavy atom. The van der Waals surface area contributed by atoms with Gasteiger partial charge in [-0.05, 0) is 88.8 Å². The third-order valence-electron chi connectivity index (χ3n) is 9.73. The van der Waals surface area contributed by atoms with Crippen LogP contribution in [0.3, 0.4) is 0 Å². The molecule has 1 aliphatic carbocycles. The molecule has 1 spiro atoms. The lowest BCUT2D eigenvalue weighted by atomic mass is 9.70. The molecule has 2 aromatic rings. The van der Waals surface area contributed by atoms with E-state index >= 15 is 0 Å². The summed E-state index contributed by atoms with van der Waals surface area (Å²) < 4.78 is 6.03. The van der Waals surface area contributed by atoms with Crippen molar-refractivity contribution in [2.45, 2.75) is 104 Å². The van der Waals surface area contributed by atoms with Gasteiger partial charge in [0.2, 0.25) is 5.91 Å². The van der Waals surface area contributed by atoms with Crippen LogP contribution in [0.4, 0.5) is 0 Å². The normalized spacial score (nSPS) is 32.7. The largest absolute Gasteiger partial charge is 0.451 e. The summed E-state index contributed by atoms with van der Waals surface area (Å²) in [7, 11) is 0. The first-order valence-electron chi connectivity index (χ1n) is 16.3. The first kappa shape index (κ1) is 32.6. The van der Waals surface area contributed by atoms with Crippen LogP contribution < -0.4 is 16.1 Å². The fourth-order valence-electron chi connectivity index (χ4n) is 6.54. The van der Waals surface area contributed by atoms with E-state index in [4.69, 9.17) is 9.72 Å². The summed E-state index contributed by atoms with van der Waals surface area (Å²) in [5.74, 6) is -1.37. The number of nitrogens with one attached hydrogen (secondary N) is 3. The molecule has 3 aliphatic rings. The molecule has 5 bridgehead atoms. The van der Waals surface area contributed by atoms with E-state index in [1.165, 1.54) is 5.01 Å². The number of esters is 1. The summed E-state index contributed by atoms with van der Waals surface area (Å²) in [6.07, 6.45) is 6.95. The Morgan fingerprint density at radius 3 is 2.38 bits per heavy atom. The average molecular weight is 618 g/mol. The van der Waals surface area contributed by atoms with Crippen LogP contribution in [0.1, 0.15) is 97.4 Å². The number of hydrazine groups is 1. The van der Waals surface area contributed by atoms with Crippen LogP contribution >= 0.6 is 0 Å². The van der Waals surface area contributed by atoms with Gasteiger partial charge in [-0.3, -0.25) is 29.2 Å². The van der Waals surface area contributed by atoms with Crippen molar-refractivity contribution in [3.8, 4) is 0 Å². The number of carbonyl (C=O) groups is 4. The molecule has 1 saturated carbocycles. The molecular formula is C35H47N5O5. The Hall–Kier alpha value is -3.79. The molecule has 4 atom stereocenters. The second kappa shape index (κ2) is 12.9. The van der Waals surface area contributed by atoms with Crippen molar-refractivity contribution in [2.24, 2.45) is 17.3 Å². The molecule has 242 valence electrons. The van der Waals surface area contributed by atoms with Gasteiger partial charge in [0, 0.05) is 11.9 Å². The Bertz CT molecular complexity index is 1500. The zero-order chi connectivity index (χ0) is 32.5. The smallest absolute Gasteiger partial charge is 0.316 e. The zero-order valence-corrected chi connectivity index (χ0v) is 27.3. The first-order chi connectivity index (χ1) is 21.3. The molecule has 1 saturated heterocycles. The summed E-state index contributed by atoms with van der Waals surface area (Å²) in [6, 6.07) is 8.59. The standard InChI is InChI=1S/C35H47N5O5/c1-21(2)29-30(41)36-24(5)31(42)40-19-7-15-34(6,39-40)32(43)37-23(4)27-11-10-26-9-8-25(20-28(26)38-27)14-18-35(33(44)45-29)16-12-22(3)13-17-35/h8-11,14,18,20-24,29,39H,7,12-13,15-17,19H2,1-6H3,(H,36,41)(H,37,43)/b18-14+/t22?,23-,24+,29+,34?,35?/m1/s1. The van der Waals surface area contributed by atoms with E-state index in [-0.39, 0.29) is 23.8 Å². The molecule has 3 heterocycles. The van der Waals surface area contributed by atoms with E-state index in [1.54, 1.807) is 13.8 Å². The van der Waals surface area contributed by atoms with Crippen LogP contribution in [0.5, 0.6) is 0 Å². The number of hydrogen-bond donors (Lipinski definition) is 3. The fourth-order valence-corrected chi connectivity index (χ4v) is 6.54. The Kier molecular flexibility index (Phi) is 9.35. The van der Waals surface area contributed by atoms with Gasteiger partial charge in [-0.15, -0.1) is 0 Å². The predicted molar refractivity (Wildman–Crippen MR) is 172 cm³/mol. The van der Waals surface area contributed by atoms with Crippen LogP contribution in [0.25, 0.3) is 17.0 Å². The van der Waals surface area contributed by atoms with E-state index in [0.29, 0.717) is 43.8 Å². The fraction of sp³-hybridized carbons (Fsp3) is 0.571. The molecule has 3 N–H and O–H groups in total. The number of carbonyl (C=O) groups excluding carboxylic acids is 4. The number of cyclic esters (lactones) is 1. The SMILES string of the molecule is CC1CCC2(/C=C/c3ccc4ccc(nc4c3)[C@@H](C)NC(=O)C3(C)CCCN(N3)C(=O)[C@H](C)NC(=O)[C@H](C(C)C)OC2=O)CC1. The molecule has 1 aromatic carbocycles. The number of hydrogen-bond acceptors (Lipinski definition) is 7. The minimum atomic E-state index is -1.07. The van der Waals surface area contributed by atoms with Gasteiger partial charge in [-0.25, -0.2) is 5.43 Å². The number of aromatic nitrogens is 1. The molecule has 2 fully saturated rings. The van der Waals surface area contributed by atoms with Crippen molar-refractivity contribution in [1.82, 2.24) is 26.1 Å². The third kappa shape index (κ3) is 6.90. The van der Waals surface area contributed by atoms with Crippen molar-refractivity contribution < 1.29 is 23.9 Å². The lowest BCUT2D eigenvalue weighted by Gasteiger charge is -2.41. The molecule has 3 amide bonds. The van der Waals surface area contributed by atoms with Crippen LogP contribution in [0.2, 0.25) is 0 Å².